The Bertz CT molecular complexity index is 171. The minimum absolute atomic E-state index is 0.248. The van der Waals surface area contributed by atoms with Gasteiger partial charge >= 0.3 is 0 Å². The highest BCUT2D eigenvalue weighted by atomic mass is 17.0. The van der Waals surface area contributed by atoms with Gasteiger partial charge in [0.05, 0.1) is 6.54 Å². The molecule has 0 spiro atoms. The van der Waals surface area contributed by atoms with Crippen LogP contribution < -0.4 is 0 Å². The highest BCUT2D eigenvalue weighted by Gasteiger charge is 2.49. The van der Waals surface area contributed by atoms with Crippen molar-refractivity contribution >= 4 is 0 Å². The molecule has 0 unspecified atom stereocenters. The van der Waals surface area contributed by atoms with Crippen molar-refractivity contribution in [2.45, 2.75) is 52.7 Å². The summed E-state index contributed by atoms with van der Waals surface area (Å²) in [6, 6.07) is 0. The van der Waals surface area contributed by atoms with Gasteiger partial charge in [-0.1, -0.05) is 19.1 Å². The van der Waals surface area contributed by atoms with Crippen molar-refractivity contribution in [3.63, 3.8) is 0 Å². The maximum atomic E-state index is 5.69. The average Bonchev–Trinajstić information content (AvgIpc) is 1.98. The van der Waals surface area contributed by atoms with Crippen molar-refractivity contribution < 1.29 is 9.68 Å². The quantitative estimate of drug-likeness (QED) is 0.662. The van der Waals surface area contributed by atoms with Crippen LogP contribution in [0.5, 0.6) is 0 Å². The van der Waals surface area contributed by atoms with E-state index in [0.29, 0.717) is 5.92 Å². The molecule has 0 aromatic carbocycles. The van der Waals surface area contributed by atoms with Gasteiger partial charge in [-0.2, -0.15) is 0 Å². The highest BCUT2D eigenvalue weighted by Crippen LogP contribution is 2.37. The number of hydrogen-bond acceptors (Lipinski definition) is 3. The Labute approximate surface area is 80.9 Å². The maximum Gasteiger partial charge on any atom is 0.117 e. The second kappa shape index (κ2) is 3.23. The Hall–Kier alpha value is -0.120. The third-order valence-corrected chi connectivity index (χ3v) is 2.62. The molecule has 1 aliphatic rings. The molecule has 13 heavy (non-hydrogen) atoms. The summed E-state index contributed by atoms with van der Waals surface area (Å²) in [5, 5.41) is 1.62. The first-order valence-electron chi connectivity index (χ1n) is 4.90. The topological polar surface area (TPSA) is 21.7 Å². The van der Waals surface area contributed by atoms with Crippen LogP contribution in [0.2, 0.25) is 0 Å². The average molecular weight is 187 g/mol. The zero-order valence-corrected chi connectivity index (χ0v) is 9.55. The Balaban J connectivity index is 2.60. The zero-order chi connectivity index (χ0) is 10.3. The van der Waals surface area contributed by atoms with E-state index in [0.717, 1.165) is 6.54 Å². The SMILES string of the molecule is CC(C)CN1OC(C)(C)C(C)(C)O1. The molecule has 1 rings (SSSR count). The van der Waals surface area contributed by atoms with Crippen LogP contribution in [-0.4, -0.2) is 23.0 Å². The van der Waals surface area contributed by atoms with E-state index < -0.39 is 0 Å². The van der Waals surface area contributed by atoms with Crippen LogP contribution in [0.15, 0.2) is 0 Å². The van der Waals surface area contributed by atoms with Crippen molar-refractivity contribution in [2.24, 2.45) is 5.92 Å². The normalized spacial score (nSPS) is 27.0. The Morgan fingerprint density at radius 3 is 1.69 bits per heavy atom. The molecule has 0 saturated carbocycles. The lowest BCUT2D eigenvalue weighted by Crippen LogP contribution is -2.41. The lowest BCUT2D eigenvalue weighted by Gasteiger charge is -2.27. The summed E-state index contributed by atoms with van der Waals surface area (Å²) in [6.07, 6.45) is 0. The van der Waals surface area contributed by atoms with Crippen molar-refractivity contribution in [1.82, 2.24) is 5.23 Å². The molecular weight excluding hydrogens is 166 g/mol. The smallest absolute Gasteiger partial charge is 0.117 e. The molecule has 0 N–H and O–H groups in total. The number of hydrogen-bond donors (Lipinski definition) is 0. The Kier molecular flexibility index (Phi) is 2.72. The third-order valence-electron chi connectivity index (χ3n) is 2.62. The van der Waals surface area contributed by atoms with Crippen LogP contribution >= 0.6 is 0 Å². The molecule has 0 aromatic rings. The van der Waals surface area contributed by atoms with E-state index in [-0.39, 0.29) is 11.2 Å². The molecule has 0 atom stereocenters. The molecule has 0 aliphatic carbocycles. The van der Waals surface area contributed by atoms with Gasteiger partial charge in [-0.15, -0.1) is 0 Å². The Morgan fingerprint density at radius 1 is 1.00 bits per heavy atom. The van der Waals surface area contributed by atoms with Gasteiger partial charge < -0.3 is 0 Å². The minimum Gasteiger partial charge on any atom is -0.265 e. The summed E-state index contributed by atoms with van der Waals surface area (Å²) < 4.78 is 0. The molecule has 1 heterocycles. The number of nitrogens with zero attached hydrogens (tertiary/aromatic N) is 1. The van der Waals surface area contributed by atoms with E-state index in [9.17, 15) is 0 Å². The first-order chi connectivity index (χ1) is 5.74. The first kappa shape index (κ1) is 11.0. The molecule has 0 aromatic heterocycles. The lowest BCUT2D eigenvalue weighted by atomic mass is 9.90. The van der Waals surface area contributed by atoms with E-state index >= 15 is 0 Å². The molecule has 0 radical (unpaired) electrons. The predicted molar refractivity (Wildman–Crippen MR) is 51.9 cm³/mol. The monoisotopic (exact) mass is 187 g/mol. The number of rotatable bonds is 2. The third kappa shape index (κ3) is 2.22. The van der Waals surface area contributed by atoms with E-state index in [4.69, 9.17) is 9.68 Å². The van der Waals surface area contributed by atoms with Crippen LogP contribution in [0.1, 0.15) is 41.5 Å². The minimum atomic E-state index is -0.248. The van der Waals surface area contributed by atoms with E-state index in [1.54, 1.807) is 5.23 Å². The van der Waals surface area contributed by atoms with E-state index in [2.05, 4.69) is 13.8 Å². The molecule has 0 amide bonds. The van der Waals surface area contributed by atoms with E-state index in [1.165, 1.54) is 0 Å². The van der Waals surface area contributed by atoms with Gasteiger partial charge in [0.2, 0.25) is 0 Å². The van der Waals surface area contributed by atoms with Crippen LogP contribution in [0.3, 0.4) is 0 Å². The van der Waals surface area contributed by atoms with Crippen molar-refractivity contribution in [2.75, 3.05) is 6.54 Å². The standard InChI is InChI=1S/C10H21NO2/c1-8(2)7-11-12-9(3,4)10(5,6)13-11/h8H,7H2,1-6H3. The largest absolute Gasteiger partial charge is 0.265 e. The lowest BCUT2D eigenvalue weighted by molar-refractivity contribution is -0.331. The molecule has 3 nitrogen and oxygen atoms in total. The van der Waals surface area contributed by atoms with Crippen LogP contribution in [0.4, 0.5) is 0 Å². The maximum absolute atomic E-state index is 5.69. The summed E-state index contributed by atoms with van der Waals surface area (Å²) in [6.45, 7) is 13.3. The number of hydroxylamine groups is 2. The van der Waals surface area contributed by atoms with Gasteiger partial charge in [-0.3, -0.25) is 9.68 Å². The summed E-state index contributed by atoms with van der Waals surface area (Å²) in [4.78, 5) is 11.4. The summed E-state index contributed by atoms with van der Waals surface area (Å²) >= 11 is 0. The summed E-state index contributed by atoms with van der Waals surface area (Å²) in [7, 11) is 0. The van der Waals surface area contributed by atoms with Gasteiger partial charge in [0.1, 0.15) is 11.2 Å². The van der Waals surface area contributed by atoms with Gasteiger partial charge in [0.25, 0.3) is 0 Å². The molecule has 78 valence electrons. The van der Waals surface area contributed by atoms with Crippen LogP contribution in [0, 0.1) is 5.92 Å². The fraction of sp³-hybridized carbons (Fsp3) is 1.00. The van der Waals surface area contributed by atoms with Gasteiger partial charge in [-0.25, -0.2) is 0 Å². The van der Waals surface area contributed by atoms with Gasteiger partial charge in [0.15, 0.2) is 0 Å². The van der Waals surface area contributed by atoms with Crippen LogP contribution in [-0.2, 0) is 9.68 Å². The van der Waals surface area contributed by atoms with E-state index in [1.807, 2.05) is 27.7 Å². The van der Waals surface area contributed by atoms with Crippen molar-refractivity contribution in [3.05, 3.63) is 0 Å². The second-order valence-corrected chi connectivity index (χ2v) is 5.11. The zero-order valence-electron chi connectivity index (χ0n) is 9.55. The molecule has 1 aliphatic heterocycles. The molecule has 1 fully saturated rings. The summed E-state index contributed by atoms with van der Waals surface area (Å²) in [5.41, 5.74) is -0.496. The highest BCUT2D eigenvalue weighted by molar-refractivity contribution is 4.91. The Morgan fingerprint density at radius 2 is 1.38 bits per heavy atom. The molecule has 1 saturated heterocycles. The predicted octanol–water partition coefficient (Wildman–Crippen LogP) is 2.38. The fourth-order valence-corrected chi connectivity index (χ4v) is 1.12. The molecule has 0 bridgehead atoms. The second-order valence-electron chi connectivity index (χ2n) is 5.11. The summed E-state index contributed by atoms with van der Waals surface area (Å²) in [5.74, 6) is 0.546. The molecule has 3 heteroatoms. The van der Waals surface area contributed by atoms with Crippen LogP contribution in [0.25, 0.3) is 0 Å². The first-order valence-corrected chi connectivity index (χ1v) is 4.90. The van der Waals surface area contributed by atoms with Crippen molar-refractivity contribution in [3.8, 4) is 0 Å². The van der Waals surface area contributed by atoms with Gasteiger partial charge in [0, 0.05) is 0 Å². The fourth-order valence-electron chi connectivity index (χ4n) is 1.12. The van der Waals surface area contributed by atoms with Gasteiger partial charge in [-0.05, 0) is 33.6 Å². The van der Waals surface area contributed by atoms with Crippen molar-refractivity contribution in [1.29, 1.82) is 0 Å². The molecular formula is C10H21NO2.